The van der Waals surface area contributed by atoms with Crippen molar-refractivity contribution >= 4 is 18.3 Å². The van der Waals surface area contributed by atoms with Crippen LogP contribution in [0.15, 0.2) is 6.20 Å². The molecule has 1 N–H and O–H groups in total. The van der Waals surface area contributed by atoms with Crippen LogP contribution in [0.3, 0.4) is 0 Å². The van der Waals surface area contributed by atoms with Crippen LogP contribution in [-0.4, -0.2) is 81.7 Å². The Bertz CT molecular complexity index is 573. The van der Waals surface area contributed by atoms with Crippen LogP contribution in [0, 0.1) is 0 Å². The van der Waals surface area contributed by atoms with Gasteiger partial charge in [-0.15, -0.1) is 17.5 Å². The zero-order valence-corrected chi connectivity index (χ0v) is 16.1. The topological polar surface area (TPSA) is 75.5 Å². The predicted octanol–water partition coefficient (Wildman–Crippen LogP) is 0.131. The zero-order chi connectivity index (χ0) is 17.2. The summed E-state index contributed by atoms with van der Waals surface area (Å²) in [6.45, 7) is 12.4. The number of morpholine rings is 1. The summed E-state index contributed by atoms with van der Waals surface area (Å²) in [4.78, 5) is 16.8. The van der Waals surface area contributed by atoms with E-state index in [0.29, 0.717) is 13.1 Å². The van der Waals surface area contributed by atoms with Crippen molar-refractivity contribution in [2.24, 2.45) is 0 Å². The molecule has 1 aromatic heterocycles. The molecule has 1 atom stereocenters. The first kappa shape index (κ1) is 20.1. The van der Waals surface area contributed by atoms with Gasteiger partial charge in [-0.1, -0.05) is 5.21 Å². The number of nitrogens with zero attached hydrogens (tertiary/aromatic N) is 5. The molecule has 0 saturated carbocycles. The van der Waals surface area contributed by atoms with Crippen LogP contribution in [0.2, 0.25) is 0 Å². The van der Waals surface area contributed by atoms with E-state index < -0.39 is 0 Å². The molecule has 0 radical (unpaired) electrons. The summed E-state index contributed by atoms with van der Waals surface area (Å²) in [5, 5.41) is 11.7. The number of carbonyl (C=O) groups is 1. The molecule has 1 unspecified atom stereocenters. The summed E-state index contributed by atoms with van der Waals surface area (Å²) in [5.74, 6) is 0.0665. The number of aromatic nitrogens is 3. The van der Waals surface area contributed by atoms with E-state index in [1.54, 1.807) is 4.68 Å². The Morgan fingerprint density at radius 1 is 1.40 bits per heavy atom. The molecular weight excluding hydrogens is 344 g/mol. The number of halogens is 1. The summed E-state index contributed by atoms with van der Waals surface area (Å²) in [7, 11) is 0. The monoisotopic (exact) mass is 372 g/mol. The van der Waals surface area contributed by atoms with Crippen molar-refractivity contribution in [3.05, 3.63) is 11.9 Å². The van der Waals surface area contributed by atoms with Crippen LogP contribution in [0.1, 0.15) is 26.5 Å². The number of amides is 1. The second-order valence-corrected chi connectivity index (χ2v) is 7.40. The minimum atomic E-state index is -0.302. The van der Waals surface area contributed by atoms with Crippen molar-refractivity contribution in [2.45, 2.75) is 45.6 Å². The Balaban J connectivity index is 0.00000225. The Kier molecular flexibility index (Phi) is 6.79. The highest BCUT2D eigenvalue weighted by molar-refractivity contribution is 5.85. The van der Waals surface area contributed by atoms with Gasteiger partial charge in [0.15, 0.2) is 0 Å². The lowest BCUT2D eigenvalue weighted by atomic mass is 10.1. The number of ether oxygens (including phenoxy) is 1. The lowest BCUT2D eigenvalue weighted by molar-refractivity contribution is -0.158. The molecule has 8 nitrogen and oxygen atoms in total. The maximum atomic E-state index is 12.6. The Hall–Kier alpha value is -1.22. The molecule has 2 fully saturated rings. The van der Waals surface area contributed by atoms with Crippen LogP contribution in [0.5, 0.6) is 0 Å². The summed E-state index contributed by atoms with van der Waals surface area (Å²) < 4.78 is 7.50. The standard InChI is InChI=1S/C16H28N6O2.ClH/c1-13-8-21(12-16(2,3)24-13)15(23)11-22-10-14(18-19-22)9-20-6-4-17-5-7-20;/h10,13,17H,4-9,11-12H2,1-3H3;1H. The normalized spacial score (nSPS) is 24.0. The highest BCUT2D eigenvalue weighted by atomic mass is 35.5. The van der Waals surface area contributed by atoms with Gasteiger partial charge in [0.1, 0.15) is 6.54 Å². The first-order valence-corrected chi connectivity index (χ1v) is 8.69. The van der Waals surface area contributed by atoms with Gasteiger partial charge < -0.3 is 15.0 Å². The van der Waals surface area contributed by atoms with Crippen LogP contribution >= 0.6 is 12.4 Å². The maximum Gasteiger partial charge on any atom is 0.244 e. The smallest absolute Gasteiger partial charge is 0.244 e. The van der Waals surface area contributed by atoms with Crippen molar-refractivity contribution < 1.29 is 9.53 Å². The molecule has 3 heterocycles. The molecule has 0 aromatic carbocycles. The Morgan fingerprint density at radius 3 is 2.80 bits per heavy atom. The molecule has 0 bridgehead atoms. The fraction of sp³-hybridized carbons (Fsp3) is 0.812. The van der Waals surface area contributed by atoms with Crippen molar-refractivity contribution in [2.75, 3.05) is 39.3 Å². The number of piperazine rings is 1. The highest BCUT2D eigenvalue weighted by Crippen LogP contribution is 2.21. The molecule has 1 aromatic rings. The second kappa shape index (κ2) is 8.44. The molecule has 9 heteroatoms. The van der Waals surface area contributed by atoms with Crippen molar-refractivity contribution in [1.82, 2.24) is 30.1 Å². The molecule has 25 heavy (non-hydrogen) atoms. The number of carbonyl (C=O) groups excluding carboxylic acids is 1. The summed E-state index contributed by atoms with van der Waals surface area (Å²) in [6, 6.07) is 0. The van der Waals surface area contributed by atoms with Gasteiger partial charge in [-0.25, -0.2) is 4.68 Å². The van der Waals surface area contributed by atoms with Crippen molar-refractivity contribution in [1.29, 1.82) is 0 Å². The van der Waals surface area contributed by atoms with Gasteiger partial charge in [-0.2, -0.15) is 0 Å². The SMILES string of the molecule is CC1CN(C(=O)Cn2cc(CN3CCNCC3)nn2)CC(C)(C)O1.Cl. The first-order valence-electron chi connectivity index (χ1n) is 8.69. The van der Waals surface area contributed by atoms with E-state index in [-0.39, 0.29) is 36.6 Å². The minimum absolute atomic E-state index is 0. The number of rotatable bonds is 4. The van der Waals surface area contributed by atoms with Crippen LogP contribution < -0.4 is 5.32 Å². The van der Waals surface area contributed by atoms with Crippen LogP contribution in [-0.2, 0) is 22.6 Å². The fourth-order valence-electron chi connectivity index (χ4n) is 3.47. The third-order valence-electron chi connectivity index (χ3n) is 4.40. The van der Waals surface area contributed by atoms with Crippen LogP contribution in [0.4, 0.5) is 0 Å². The molecule has 2 saturated heterocycles. The zero-order valence-electron chi connectivity index (χ0n) is 15.3. The van der Waals surface area contributed by atoms with Gasteiger partial charge in [-0.3, -0.25) is 9.69 Å². The van der Waals surface area contributed by atoms with E-state index in [9.17, 15) is 4.79 Å². The van der Waals surface area contributed by atoms with E-state index in [1.807, 2.05) is 31.9 Å². The molecule has 2 aliphatic rings. The van der Waals surface area contributed by atoms with Gasteiger partial charge in [0.05, 0.1) is 23.6 Å². The average Bonchev–Trinajstić information content (AvgIpc) is 2.93. The van der Waals surface area contributed by atoms with Gasteiger partial charge in [0.2, 0.25) is 5.91 Å². The van der Waals surface area contributed by atoms with Crippen LogP contribution in [0.25, 0.3) is 0 Å². The maximum absolute atomic E-state index is 12.6. The summed E-state index contributed by atoms with van der Waals surface area (Å²) in [5.41, 5.74) is 0.615. The molecule has 0 aliphatic carbocycles. The lowest BCUT2D eigenvalue weighted by Gasteiger charge is -2.41. The van der Waals surface area contributed by atoms with Gasteiger partial charge in [-0.05, 0) is 20.8 Å². The van der Waals surface area contributed by atoms with Gasteiger partial charge in [0, 0.05) is 45.8 Å². The lowest BCUT2D eigenvalue weighted by Crippen LogP contribution is -2.54. The predicted molar refractivity (Wildman–Crippen MR) is 96.6 cm³/mol. The highest BCUT2D eigenvalue weighted by Gasteiger charge is 2.33. The molecular formula is C16H29ClN6O2. The largest absolute Gasteiger partial charge is 0.369 e. The van der Waals surface area contributed by atoms with Crippen molar-refractivity contribution in [3.8, 4) is 0 Å². The fourth-order valence-corrected chi connectivity index (χ4v) is 3.47. The first-order chi connectivity index (χ1) is 11.4. The van der Waals surface area contributed by atoms with Gasteiger partial charge in [0.25, 0.3) is 0 Å². The average molecular weight is 373 g/mol. The number of nitrogens with one attached hydrogen (secondary N) is 1. The number of hydrogen-bond donors (Lipinski definition) is 1. The van der Waals surface area contributed by atoms with E-state index in [2.05, 4.69) is 20.5 Å². The van der Waals surface area contributed by atoms with Crippen molar-refractivity contribution in [3.63, 3.8) is 0 Å². The molecule has 3 rings (SSSR count). The molecule has 0 spiro atoms. The minimum Gasteiger partial charge on any atom is -0.369 e. The quantitative estimate of drug-likeness (QED) is 0.809. The molecule has 2 aliphatic heterocycles. The second-order valence-electron chi connectivity index (χ2n) is 7.40. The molecule has 1 amide bonds. The van der Waals surface area contributed by atoms with E-state index in [4.69, 9.17) is 4.74 Å². The van der Waals surface area contributed by atoms with E-state index >= 15 is 0 Å². The van der Waals surface area contributed by atoms with Gasteiger partial charge >= 0.3 is 0 Å². The van der Waals surface area contributed by atoms with E-state index in [1.165, 1.54) is 0 Å². The Labute approximate surface area is 155 Å². The third kappa shape index (κ3) is 5.64. The summed E-state index contributed by atoms with van der Waals surface area (Å²) in [6.07, 6.45) is 1.94. The molecule has 142 valence electrons. The summed E-state index contributed by atoms with van der Waals surface area (Å²) >= 11 is 0. The Morgan fingerprint density at radius 2 is 2.12 bits per heavy atom. The third-order valence-corrected chi connectivity index (χ3v) is 4.40. The number of hydrogen-bond acceptors (Lipinski definition) is 6. The van der Waals surface area contributed by atoms with E-state index in [0.717, 1.165) is 38.4 Å².